The topological polar surface area (TPSA) is 187 Å². The van der Waals surface area contributed by atoms with Gasteiger partial charge in [-0.15, -0.1) is 11.3 Å². The molecule has 0 spiro atoms. The van der Waals surface area contributed by atoms with Crippen LogP contribution in [-0.2, 0) is 27.3 Å². The molecule has 0 radical (unpaired) electrons. The molecular formula is C24H33N7O3S. The van der Waals surface area contributed by atoms with Crippen molar-refractivity contribution in [2.24, 2.45) is 11.5 Å². The Morgan fingerprint density at radius 3 is 2.49 bits per heavy atom. The molecule has 9 N–H and O–H groups in total. The monoisotopic (exact) mass is 499 g/mol. The molecule has 1 saturated heterocycles. The lowest BCUT2D eigenvalue weighted by atomic mass is 9.81. The van der Waals surface area contributed by atoms with Gasteiger partial charge in [0, 0.05) is 23.3 Å². The molecule has 0 aliphatic carbocycles. The fraction of sp³-hybridized carbons (Fsp3) is 0.375. The van der Waals surface area contributed by atoms with E-state index in [1.165, 1.54) is 11.3 Å². The van der Waals surface area contributed by atoms with E-state index in [-0.39, 0.29) is 43.0 Å². The summed E-state index contributed by atoms with van der Waals surface area (Å²) in [5.41, 5.74) is 11.1. The Bertz CT molecular complexity index is 1100. The summed E-state index contributed by atoms with van der Waals surface area (Å²) >= 11 is 1.31. The van der Waals surface area contributed by atoms with Gasteiger partial charge in [0.1, 0.15) is 17.2 Å². The molecule has 1 aliphatic heterocycles. The predicted octanol–water partition coefficient (Wildman–Crippen LogP) is 1.36. The number of rotatable bonds is 9. The average molecular weight is 500 g/mol. The molecule has 10 nitrogen and oxygen atoms in total. The number of amidine groups is 2. The first-order valence-electron chi connectivity index (χ1n) is 11.4. The third-order valence-electron chi connectivity index (χ3n) is 5.36. The highest BCUT2D eigenvalue weighted by Gasteiger charge is 2.42. The number of nitrogen functional groups attached to an aromatic ring is 2. The summed E-state index contributed by atoms with van der Waals surface area (Å²) in [5.74, 6) is -1.15. The van der Waals surface area contributed by atoms with E-state index in [0.717, 1.165) is 10.4 Å². The lowest BCUT2D eigenvalue weighted by Crippen LogP contribution is -2.62. The van der Waals surface area contributed by atoms with Gasteiger partial charge < -0.3 is 27.4 Å². The lowest BCUT2D eigenvalue weighted by Gasteiger charge is -2.36. The highest BCUT2D eigenvalue weighted by atomic mass is 32.1. The minimum atomic E-state index is -1.19. The average Bonchev–Trinajstić information content (AvgIpc) is 3.32. The summed E-state index contributed by atoms with van der Waals surface area (Å²) in [6, 6.07) is 10.5. The molecule has 11 heteroatoms. The number of nitrogens with one attached hydrogen (secondary N) is 5. The van der Waals surface area contributed by atoms with E-state index in [9.17, 15) is 14.4 Å². The van der Waals surface area contributed by atoms with Crippen LogP contribution >= 0.6 is 11.3 Å². The van der Waals surface area contributed by atoms with E-state index in [4.69, 9.17) is 22.3 Å². The Morgan fingerprint density at radius 2 is 1.86 bits per heavy atom. The maximum atomic E-state index is 13.1. The second kappa shape index (κ2) is 12.7. The highest BCUT2D eigenvalue weighted by Crippen LogP contribution is 2.25. The second-order valence-electron chi connectivity index (χ2n) is 7.91. The van der Waals surface area contributed by atoms with Crippen LogP contribution in [0.15, 0.2) is 36.4 Å². The van der Waals surface area contributed by atoms with Crippen LogP contribution in [0, 0.1) is 10.8 Å². The van der Waals surface area contributed by atoms with Crippen molar-refractivity contribution in [3.8, 4) is 0 Å². The van der Waals surface area contributed by atoms with Crippen molar-refractivity contribution in [3.05, 3.63) is 57.3 Å². The third-order valence-corrected chi connectivity index (χ3v) is 6.48. The maximum absolute atomic E-state index is 13.1. The molecule has 1 atom stereocenters. The van der Waals surface area contributed by atoms with E-state index in [2.05, 4.69) is 16.0 Å². The molecule has 1 aliphatic rings. The Labute approximate surface area is 208 Å². The number of benzene rings is 1. The molecule has 1 aromatic carbocycles. The van der Waals surface area contributed by atoms with Crippen LogP contribution in [0.1, 0.15) is 54.0 Å². The van der Waals surface area contributed by atoms with Gasteiger partial charge in [0.15, 0.2) is 0 Å². The molecule has 2 aromatic rings. The first-order valence-corrected chi connectivity index (χ1v) is 12.2. The van der Waals surface area contributed by atoms with Crippen molar-refractivity contribution < 1.29 is 14.4 Å². The summed E-state index contributed by atoms with van der Waals surface area (Å²) in [7, 11) is 0. The molecule has 188 valence electrons. The van der Waals surface area contributed by atoms with Gasteiger partial charge in [-0.25, -0.2) is 0 Å². The van der Waals surface area contributed by atoms with Crippen molar-refractivity contribution in [2.45, 2.75) is 51.6 Å². The van der Waals surface area contributed by atoms with Gasteiger partial charge in [0.2, 0.25) is 17.7 Å². The summed E-state index contributed by atoms with van der Waals surface area (Å²) in [6.07, 6.45) is 1.54. The molecular weight excluding hydrogens is 466 g/mol. The van der Waals surface area contributed by atoms with Gasteiger partial charge in [-0.05, 0) is 36.6 Å². The second-order valence-corrected chi connectivity index (χ2v) is 9.08. The number of hydrogen-bond acceptors (Lipinski definition) is 6. The number of hydrogen-bond donors (Lipinski definition) is 7. The van der Waals surface area contributed by atoms with E-state index in [0.29, 0.717) is 29.7 Å². The number of carbonyl (C=O) groups excluding carboxylic acids is 3. The maximum Gasteiger partial charge on any atom is 0.246 e. The predicted molar refractivity (Wildman–Crippen MR) is 137 cm³/mol. The zero-order valence-electron chi connectivity index (χ0n) is 20.0. The Balaban J connectivity index is 0.00000210. The van der Waals surface area contributed by atoms with Gasteiger partial charge in [0.25, 0.3) is 0 Å². The molecule has 3 amide bonds. The number of thiophene rings is 1. The number of carbonyl (C=O) groups is 3. The third kappa shape index (κ3) is 7.64. The fourth-order valence-electron chi connectivity index (χ4n) is 3.72. The zero-order chi connectivity index (χ0) is 26.0. The number of piperidine rings is 1. The van der Waals surface area contributed by atoms with Gasteiger partial charge in [-0.2, -0.15) is 0 Å². The quantitative estimate of drug-likeness (QED) is 0.202. The minimum absolute atomic E-state index is 0.0292. The Morgan fingerprint density at radius 1 is 1.11 bits per heavy atom. The summed E-state index contributed by atoms with van der Waals surface area (Å²) in [5, 5.41) is 23.2. The van der Waals surface area contributed by atoms with E-state index in [1.54, 1.807) is 30.3 Å². The van der Waals surface area contributed by atoms with Crippen LogP contribution in [0.4, 0.5) is 0 Å². The number of nitrogens with two attached hydrogens (primary N) is 2. The molecule has 0 bridgehead atoms. The van der Waals surface area contributed by atoms with Crippen molar-refractivity contribution >= 4 is 40.7 Å². The first kappa shape index (κ1) is 27.5. The largest absolute Gasteiger partial charge is 0.384 e. The summed E-state index contributed by atoms with van der Waals surface area (Å²) < 4.78 is 0. The summed E-state index contributed by atoms with van der Waals surface area (Å²) in [6.45, 7) is 4.02. The van der Waals surface area contributed by atoms with Gasteiger partial charge in [-0.3, -0.25) is 25.2 Å². The van der Waals surface area contributed by atoms with Crippen molar-refractivity contribution in [3.63, 3.8) is 0 Å². The van der Waals surface area contributed by atoms with Crippen LogP contribution in [0.5, 0.6) is 0 Å². The molecule has 3 rings (SSSR count). The standard InChI is InChI=1S/C22H27N7O3S.C2H6/c23-19(24)14-4-1-3-13(9-14)10-22(8-2-5-17(30)29-22)21(32)28-12-18(31)27-11-15-6-7-16(33-15)20(25)26;1-2/h1,3-4,6-7,9H,2,5,8,10-12H2,(H3,23,24)(H3,25,26)(H,27,31)(H,28,32)(H,29,30);1-2H3. The number of amides is 3. The fourth-order valence-corrected chi connectivity index (χ4v) is 4.53. The van der Waals surface area contributed by atoms with E-state index in [1.807, 2.05) is 19.9 Å². The van der Waals surface area contributed by atoms with E-state index >= 15 is 0 Å². The van der Waals surface area contributed by atoms with Crippen molar-refractivity contribution in [2.75, 3.05) is 6.54 Å². The summed E-state index contributed by atoms with van der Waals surface area (Å²) in [4.78, 5) is 39.0. The first-order chi connectivity index (χ1) is 16.7. The van der Waals surface area contributed by atoms with Crippen LogP contribution in [0.2, 0.25) is 0 Å². The molecule has 0 saturated carbocycles. The van der Waals surface area contributed by atoms with Gasteiger partial charge in [-0.1, -0.05) is 32.0 Å². The lowest BCUT2D eigenvalue weighted by molar-refractivity contribution is -0.137. The molecule has 1 aromatic heterocycles. The molecule has 1 unspecified atom stereocenters. The van der Waals surface area contributed by atoms with Crippen LogP contribution < -0.4 is 27.4 Å². The van der Waals surface area contributed by atoms with Crippen molar-refractivity contribution in [1.82, 2.24) is 16.0 Å². The van der Waals surface area contributed by atoms with Crippen LogP contribution in [0.3, 0.4) is 0 Å². The highest BCUT2D eigenvalue weighted by molar-refractivity contribution is 7.14. The molecule has 35 heavy (non-hydrogen) atoms. The normalized spacial score (nSPS) is 16.8. The zero-order valence-corrected chi connectivity index (χ0v) is 20.8. The SMILES string of the molecule is CC.N=C(N)c1cccc(CC2(C(=O)NCC(=O)NCc3ccc(C(=N)N)s3)CCCC(=O)N2)c1. The van der Waals surface area contributed by atoms with Gasteiger partial charge in [0.05, 0.1) is 18.0 Å². The molecule has 2 heterocycles. The van der Waals surface area contributed by atoms with Gasteiger partial charge >= 0.3 is 0 Å². The van der Waals surface area contributed by atoms with Crippen LogP contribution in [0.25, 0.3) is 0 Å². The van der Waals surface area contributed by atoms with Crippen LogP contribution in [-0.4, -0.2) is 41.5 Å². The Kier molecular flexibility index (Phi) is 9.95. The van der Waals surface area contributed by atoms with Crippen molar-refractivity contribution in [1.29, 1.82) is 10.8 Å². The molecule has 1 fully saturated rings. The minimum Gasteiger partial charge on any atom is -0.384 e. The smallest absolute Gasteiger partial charge is 0.246 e. The Hall–Kier alpha value is -3.73. The van der Waals surface area contributed by atoms with E-state index < -0.39 is 11.4 Å².